The molecular weight excluding hydrogens is 302 g/mol. The van der Waals surface area contributed by atoms with Gasteiger partial charge in [0.2, 0.25) is 11.5 Å². The number of rotatable bonds is 2. The molecule has 2 aliphatic heterocycles. The van der Waals surface area contributed by atoms with Crippen LogP contribution in [0.1, 0.15) is 0 Å². The van der Waals surface area contributed by atoms with Gasteiger partial charge in [-0.1, -0.05) is 0 Å². The first-order valence-corrected chi connectivity index (χ1v) is 6.66. The predicted molar refractivity (Wildman–Crippen MR) is 80.1 cm³/mol. The molecule has 1 aromatic carbocycles. The van der Waals surface area contributed by atoms with E-state index in [0.717, 1.165) is 4.57 Å². The second kappa shape index (κ2) is 5.20. The SMILES string of the molecule is COc1ccc(-c2nn(C)c3nc(=O)n(C)c(=O)c-3[n+]2[O-])cc1. The number of methoxy groups -OCH3 is 1. The number of hydrogen-bond donors (Lipinski definition) is 0. The fraction of sp³-hybridized carbons (Fsp3) is 0.214. The molecule has 23 heavy (non-hydrogen) atoms. The summed E-state index contributed by atoms with van der Waals surface area (Å²) in [5.41, 5.74) is -1.19. The van der Waals surface area contributed by atoms with E-state index in [9.17, 15) is 14.8 Å². The highest BCUT2D eigenvalue weighted by Crippen LogP contribution is 2.19. The molecule has 0 bridgehead atoms. The van der Waals surface area contributed by atoms with E-state index in [2.05, 4.69) is 10.1 Å². The highest BCUT2D eigenvalue weighted by molar-refractivity contribution is 5.55. The van der Waals surface area contributed by atoms with Crippen molar-refractivity contribution in [3.05, 3.63) is 50.3 Å². The van der Waals surface area contributed by atoms with Gasteiger partial charge >= 0.3 is 17.1 Å². The molecule has 0 aliphatic carbocycles. The Hall–Kier alpha value is -3.23. The fourth-order valence-corrected chi connectivity index (χ4v) is 2.21. The van der Waals surface area contributed by atoms with Crippen molar-refractivity contribution in [3.8, 4) is 28.7 Å². The number of nitrogens with zero attached hydrogens (tertiary/aromatic N) is 5. The van der Waals surface area contributed by atoms with Crippen LogP contribution in [0, 0.1) is 5.21 Å². The molecule has 0 amide bonds. The Balaban J connectivity index is 2.35. The summed E-state index contributed by atoms with van der Waals surface area (Å²) < 4.78 is 7.49. The van der Waals surface area contributed by atoms with Crippen LogP contribution >= 0.6 is 0 Å². The lowest BCUT2D eigenvalue weighted by atomic mass is 10.2. The van der Waals surface area contributed by atoms with Crippen LogP contribution in [0.3, 0.4) is 0 Å². The highest BCUT2D eigenvalue weighted by Gasteiger charge is 2.27. The summed E-state index contributed by atoms with van der Waals surface area (Å²) in [6.07, 6.45) is 0. The number of hydrogen-bond acceptors (Lipinski definition) is 6. The van der Waals surface area contributed by atoms with Gasteiger partial charge in [-0.3, -0.25) is 9.36 Å². The molecule has 0 atom stereocenters. The van der Waals surface area contributed by atoms with Gasteiger partial charge in [0.1, 0.15) is 5.75 Å². The average molecular weight is 315 g/mol. The Morgan fingerprint density at radius 2 is 1.83 bits per heavy atom. The topological polar surface area (TPSA) is 106 Å². The summed E-state index contributed by atoms with van der Waals surface area (Å²) in [6, 6.07) is 6.67. The molecule has 0 spiro atoms. The molecule has 3 rings (SSSR count). The zero-order valence-corrected chi connectivity index (χ0v) is 12.7. The fourth-order valence-electron chi connectivity index (χ4n) is 2.21. The van der Waals surface area contributed by atoms with E-state index < -0.39 is 11.2 Å². The molecule has 2 aliphatic rings. The Bertz CT molecular complexity index is 974. The van der Waals surface area contributed by atoms with Crippen LogP contribution in [-0.2, 0) is 14.1 Å². The van der Waals surface area contributed by atoms with Gasteiger partial charge < -0.3 is 9.94 Å². The van der Waals surface area contributed by atoms with Gasteiger partial charge in [0, 0.05) is 7.05 Å². The lowest BCUT2D eigenvalue weighted by Crippen LogP contribution is -2.47. The van der Waals surface area contributed by atoms with Crippen LogP contribution in [-0.4, -0.2) is 26.4 Å². The predicted octanol–water partition coefficient (Wildman–Crippen LogP) is -0.712. The van der Waals surface area contributed by atoms with E-state index in [-0.39, 0.29) is 17.3 Å². The monoisotopic (exact) mass is 315 g/mol. The molecule has 9 heteroatoms. The second-order valence-corrected chi connectivity index (χ2v) is 4.90. The van der Waals surface area contributed by atoms with Crippen molar-refractivity contribution in [1.82, 2.24) is 19.3 Å². The van der Waals surface area contributed by atoms with E-state index in [1.54, 1.807) is 24.3 Å². The van der Waals surface area contributed by atoms with E-state index in [0.29, 0.717) is 16.0 Å². The summed E-state index contributed by atoms with van der Waals surface area (Å²) in [5, 5.41) is 16.7. The smallest absolute Gasteiger partial charge is 0.359 e. The number of aryl methyl sites for hydroxylation is 1. The Labute approximate surface area is 130 Å². The third-order valence-corrected chi connectivity index (χ3v) is 3.50. The van der Waals surface area contributed by atoms with E-state index in [1.165, 1.54) is 25.9 Å². The number of fused-ring (bicyclic) bond motifs is 1. The molecule has 2 heterocycles. The lowest BCUT2D eigenvalue weighted by molar-refractivity contribution is -0.587. The van der Waals surface area contributed by atoms with Crippen molar-refractivity contribution in [2.45, 2.75) is 0 Å². The molecular formula is C14H13N5O4. The number of benzene rings is 1. The van der Waals surface area contributed by atoms with Crippen molar-refractivity contribution < 1.29 is 9.47 Å². The molecule has 0 saturated heterocycles. The summed E-state index contributed by atoms with van der Waals surface area (Å²) in [7, 11) is 4.32. The Morgan fingerprint density at radius 1 is 1.17 bits per heavy atom. The van der Waals surface area contributed by atoms with Gasteiger partial charge in [0.15, 0.2) is 0 Å². The van der Waals surface area contributed by atoms with Crippen LogP contribution < -0.4 is 20.7 Å². The minimum absolute atomic E-state index is 0.0280. The molecule has 9 nitrogen and oxygen atoms in total. The maximum Gasteiger partial charge on any atom is 0.359 e. The standard InChI is InChI=1S/C14H13N5O4/c1-17-13(20)10-12(15-14(17)21)18(2)16-11(19(10)22)8-4-6-9(23-3)7-5-8/h4-7H,1-3H3. The van der Waals surface area contributed by atoms with Crippen LogP contribution in [0.2, 0.25) is 0 Å². The summed E-state index contributed by atoms with van der Waals surface area (Å²) in [6.45, 7) is 0. The van der Waals surface area contributed by atoms with Crippen molar-refractivity contribution in [2.24, 2.45) is 14.1 Å². The first kappa shape index (κ1) is 14.7. The zero-order valence-electron chi connectivity index (χ0n) is 12.7. The van der Waals surface area contributed by atoms with Crippen molar-refractivity contribution in [3.63, 3.8) is 0 Å². The minimum Gasteiger partial charge on any atom is -0.710 e. The van der Waals surface area contributed by atoms with Crippen molar-refractivity contribution >= 4 is 0 Å². The number of ether oxygens (including phenoxy) is 1. The van der Waals surface area contributed by atoms with Gasteiger partial charge in [-0.2, -0.15) is 9.67 Å². The third-order valence-electron chi connectivity index (χ3n) is 3.50. The quantitative estimate of drug-likeness (QED) is 0.457. The maximum atomic E-state index is 12.6. The normalized spacial score (nSPS) is 10.9. The average Bonchev–Trinajstić information content (AvgIpc) is 2.55. The molecule has 118 valence electrons. The summed E-state index contributed by atoms with van der Waals surface area (Å²) >= 11 is 0. The molecule has 0 unspecified atom stereocenters. The minimum atomic E-state index is -0.739. The van der Waals surface area contributed by atoms with Crippen molar-refractivity contribution in [1.29, 1.82) is 0 Å². The van der Waals surface area contributed by atoms with Gasteiger partial charge in [-0.15, -0.1) is 0 Å². The van der Waals surface area contributed by atoms with E-state index >= 15 is 0 Å². The molecule has 1 aromatic rings. The molecule has 0 fully saturated rings. The number of aromatic nitrogens is 5. The lowest BCUT2D eigenvalue weighted by Gasteiger charge is -2.14. The Kier molecular flexibility index (Phi) is 3.32. The van der Waals surface area contributed by atoms with Crippen LogP contribution in [0.4, 0.5) is 0 Å². The molecule has 0 radical (unpaired) electrons. The van der Waals surface area contributed by atoms with Gasteiger partial charge in [-0.05, 0) is 24.3 Å². The summed E-state index contributed by atoms with van der Waals surface area (Å²) in [5.74, 6) is 0.593. The van der Waals surface area contributed by atoms with Gasteiger partial charge in [-0.25, -0.2) is 9.52 Å². The first-order valence-electron chi connectivity index (χ1n) is 6.66. The Morgan fingerprint density at radius 3 is 2.43 bits per heavy atom. The maximum absolute atomic E-state index is 12.6. The van der Waals surface area contributed by atoms with E-state index in [4.69, 9.17) is 4.74 Å². The molecule has 0 N–H and O–H groups in total. The van der Waals surface area contributed by atoms with Crippen molar-refractivity contribution in [2.75, 3.05) is 7.11 Å². The van der Waals surface area contributed by atoms with Gasteiger partial charge in [0.25, 0.3) is 0 Å². The molecule has 0 saturated carbocycles. The third kappa shape index (κ3) is 2.22. The van der Waals surface area contributed by atoms with Crippen LogP contribution in [0.15, 0.2) is 33.9 Å². The van der Waals surface area contributed by atoms with Gasteiger partial charge in [0.05, 0.1) is 24.8 Å². The van der Waals surface area contributed by atoms with Crippen LogP contribution in [0.5, 0.6) is 5.75 Å². The summed E-state index contributed by atoms with van der Waals surface area (Å²) in [4.78, 5) is 27.6. The van der Waals surface area contributed by atoms with E-state index in [1.807, 2.05) is 0 Å². The van der Waals surface area contributed by atoms with Crippen LogP contribution in [0.25, 0.3) is 22.9 Å². The zero-order chi connectivity index (χ0) is 16.7. The first-order chi connectivity index (χ1) is 10.9. The largest absolute Gasteiger partial charge is 0.710 e. The molecule has 0 aromatic heterocycles. The highest BCUT2D eigenvalue weighted by atomic mass is 16.5. The second-order valence-electron chi connectivity index (χ2n) is 4.90.